The van der Waals surface area contributed by atoms with Crippen LogP contribution >= 0.6 is 11.8 Å². The molecule has 1 N–H and O–H groups in total. The number of hydrogen-bond acceptors (Lipinski definition) is 7. The Balaban J connectivity index is 1.52. The van der Waals surface area contributed by atoms with Gasteiger partial charge in [0, 0.05) is 18.7 Å². The third-order valence-electron chi connectivity index (χ3n) is 5.51. The first kappa shape index (κ1) is 19.9. The average molecular weight is 438 g/mol. The van der Waals surface area contributed by atoms with E-state index in [2.05, 4.69) is 15.6 Å². The molecule has 2 aliphatic heterocycles. The lowest BCUT2D eigenvalue weighted by molar-refractivity contribution is -0.135. The van der Waals surface area contributed by atoms with Crippen LogP contribution in [0.1, 0.15) is 11.6 Å². The van der Waals surface area contributed by atoms with Gasteiger partial charge in [0.15, 0.2) is 5.82 Å². The van der Waals surface area contributed by atoms with Gasteiger partial charge in [-0.25, -0.2) is 4.68 Å². The molecule has 0 aliphatic carbocycles. The minimum absolute atomic E-state index is 0.0807. The number of methoxy groups -OCH3 is 1. The standard InChI is InChI=1S/C22H23N5O3S/c1-29-17-9-7-15(8-10-17)18-19(21(28)26-11-13-30-14-12-26)31-22-24-23-20(27(22)25-18)16-5-3-2-4-6-16/h2-10,18-19,25H,11-14H2,1H3. The summed E-state index contributed by atoms with van der Waals surface area (Å²) in [6, 6.07) is 17.5. The normalized spacial score (nSPS) is 20.6. The largest absolute Gasteiger partial charge is 0.497 e. The molecule has 9 heteroatoms. The smallest absolute Gasteiger partial charge is 0.238 e. The fourth-order valence-corrected chi connectivity index (χ4v) is 5.01. The molecule has 1 saturated heterocycles. The van der Waals surface area contributed by atoms with E-state index in [0.717, 1.165) is 22.7 Å². The number of carbonyl (C=O) groups excluding carboxylic acids is 1. The maximum absolute atomic E-state index is 13.5. The van der Waals surface area contributed by atoms with Gasteiger partial charge in [0.2, 0.25) is 11.1 Å². The third kappa shape index (κ3) is 3.86. The molecule has 1 amide bonds. The van der Waals surface area contributed by atoms with Crippen molar-refractivity contribution in [3.05, 3.63) is 60.2 Å². The van der Waals surface area contributed by atoms with Gasteiger partial charge in [0.25, 0.3) is 0 Å². The lowest BCUT2D eigenvalue weighted by atomic mass is 10.0. The van der Waals surface area contributed by atoms with Gasteiger partial charge >= 0.3 is 0 Å². The lowest BCUT2D eigenvalue weighted by Gasteiger charge is -2.37. The second kappa shape index (κ2) is 8.60. The molecule has 0 radical (unpaired) electrons. The van der Waals surface area contributed by atoms with Crippen LogP contribution in [0.3, 0.4) is 0 Å². The maximum Gasteiger partial charge on any atom is 0.238 e. The molecule has 2 aromatic carbocycles. The molecule has 0 saturated carbocycles. The van der Waals surface area contributed by atoms with Gasteiger partial charge in [0.1, 0.15) is 11.0 Å². The van der Waals surface area contributed by atoms with Crippen LogP contribution in [0.2, 0.25) is 0 Å². The van der Waals surface area contributed by atoms with E-state index in [1.165, 1.54) is 11.8 Å². The number of morpholine rings is 1. The molecule has 3 heterocycles. The zero-order chi connectivity index (χ0) is 21.2. The Kier molecular flexibility index (Phi) is 5.52. The summed E-state index contributed by atoms with van der Waals surface area (Å²) in [7, 11) is 1.64. The summed E-state index contributed by atoms with van der Waals surface area (Å²) < 4.78 is 12.6. The van der Waals surface area contributed by atoms with E-state index in [1.807, 2.05) is 64.2 Å². The number of fused-ring (bicyclic) bond motifs is 1. The lowest BCUT2D eigenvalue weighted by Crippen LogP contribution is -2.49. The van der Waals surface area contributed by atoms with Gasteiger partial charge in [-0.3, -0.25) is 4.79 Å². The van der Waals surface area contributed by atoms with Crippen molar-refractivity contribution in [1.29, 1.82) is 0 Å². The van der Waals surface area contributed by atoms with Crippen molar-refractivity contribution in [3.8, 4) is 17.1 Å². The minimum Gasteiger partial charge on any atom is -0.497 e. The Labute approximate surface area is 184 Å². The summed E-state index contributed by atoms with van der Waals surface area (Å²) in [5, 5.41) is 9.07. The quantitative estimate of drug-likeness (QED) is 0.672. The van der Waals surface area contributed by atoms with E-state index in [9.17, 15) is 4.79 Å². The Hall–Kier alpha value is -3.04. The number of nitrogens with zero attached hydrogens (tertiary/aromatic N) is 4. The molecule has 1 fully saturated rings. The van der Waals surface area contributed by atoms with Crippen molar-refractivity contribution in [2.75, 3.05) is 38.8 Å². The van der Waals surface area contributed by atoms with E-state index in [0.29, 0.717) is 31.5 Å². The van der Waals surface area contributed by atoms with Crippen LogP contribution < -0.4 is 10.2 Å². The summed E-state index contributed by atoms with van der Waals surface area (Å²) in [4.78, 5) is 15.4. The van der Waals surface area contributed by atoms with Gasteiger partial charge in [-0.1, -0.05) is 54.2 Å². The van der Waals surface area contributed by atoms with E-state index in [4.69, 9.17) is 9.47 Å². The zero-order valence-corrected chi connectivity index (χ0v) is 17.9. The summed E-state index contributed by atoms with van der Waals surface area (Å²) in [6.45, 7) is 2.34. The molecule has 8 nitrogen and oxygen atoms in total. The van der Waals surface area contributed by atoms with Crippen LogP contribution in [0, 0.1) is 0 Å². The van der Waals surface area contributed by atoms with Crippen LogP contribution in [0.5, 0.6) is 5.75 Å². The first-order valence-electron chi connectivity index (χ1n) is 10.2. The van der Waals surface area contributed by atoms with Gasteiger partial charge in [-0.05, 0) is 17.7 Å². The van der Waals surface area contributed by atoms with Gasteiger partial charge < -0.3 is 19.8 Å². The molecular weight excluding hydrogens is 414 g/mol. The minimum atomic E-state index is -0.369. The van der Waals surface area contributed by atoms with E-state index in [1.54, 1.807) is 7.11 Å². The first-order valence-corrected chi connectivity index (χ1v) is 11.1. The van der Waals surface area contributed by atoms with E-state index in [-0.39, 0.29) is 17.2 Å². The van der Waals surface area contributed by atoms with Gasteiger partial charge in [-0.15, -0.1) is 10.2 Å². The van der Waals surface area contributed by atoms with Crippen LogP contribution in [0.25, 0.3) is 11.4 Å². The molecular formula is C22H23N5O3S. The number of rotatable bonds is 4. The monoisotopic (exact) mass is 437 g/mol. The summed E-state index contributed by atoms with van der Waals surface area (Å²) in [5.74, 6) is 1.58. The Morgan fingerprint density at radius 3 is 2.55 bits per heavy atom. The van der Waals surface area contributed by atoms with Crippen molar-refractivity contribution in [1.82, 2.24) is 19.8 Å². The Morgan fingerprint density at radius 1 is 1.10 bits per heavy atom. The first-order chi connectivity index (χ1) is 15.2. The second-order valence-corrected chi connectivity index (χ2v) is 8.47. The highest BCUT2D eigenvalue weighted by atomic mass is 32.2. The van der Waals surface area contributed by atoms with Crippen LogP contribution in [-0.4, -0.2) is 64.3 Å². The molecule has 160 valence electrons. The average Bonchev–Trinajstić information content (AvgIpc) is 3.27. The van der Waals surface area contributed by atoms with Crippen LogP contribution in [-0.2, 0) is 9.53 Å². The number of thioether (sulfide) groups is 1. The highest BCUT2D eigenvalue weighted by Crippen LogP contribution is 2.39. The van der Waals surface area contributed by atoms with Crippen molar-refractivity contribution in [3.63, 3.8) is 0 Å². The van der Waals surface area contributed by atoms with Crippen molar-refractivity contribution >= 4 is 17.7 Å². The zero-order valence-electron chi connectivity index (χ0n) is 17.1. The highest BCUT2D eigenvalue weighted by Gasteiger charge is 2.40. The molecule has 0 spiro atoms. The number of aromatic nitrogens is 3. The van der Waals surface area contributed by atoms with Crippen molar-refractivity contribution in [2.45, 2.75) is 16.4 Å². The summed E-state index contributed by atoms with van der Waals surface area (Å²) in [5.41, 5.74) is 5.48. The summed E-state index contributed by atoms with van der Waals surface area (Å²) in [6.07, 6.45) is 0. The molecule has 3 aromatic rings. The predicted molar refractivity (Wildman–Crippen MR) is 118 cm³/mol. The van der Waals surface area contributed by atoms with Crippen LogP contribution in [0.4, 0.5) is 0 Å². The van der Waals surface area contributed by atoms with Gasteiger partial charge in [0.05, 0.1) is 26.4 Å². The van der Waals surface area contributed by atoms with Gasteiger partial charge in [-0.2, -0.15) is 0 Å². The molecule has 0 bridgehead atoms. The predicted octanol–water partition coefficient (Wildman–Crippen LogP) is 2.57. The number of nitrogens with one attached hydrogen (secondary N) is 1. The Bertz CT molecular complexity index is 1050. The van der Waals surface area contributed by atoms with E-state index >= 15 is 0 Å². The highest BCUT2D eigenvalue weighted by molar-refractivity contribution is 8.00. The number of amides is 1. The Morgan fingerprint density at radius 2 is 1.84 bits per heavy atom. The second-order valence-electron chi connectivity index (χ2n) is 7.36. The molecule has 5 rings (SSSR count). The number of carbonyl (C=O) groups is 1. The number of hydrogen-bond donors (Lipinski definition) is 1. The molecule has 2 unspecified atom stereocenters. The molecule has 1 aromatic heterocycles. The summed E-state index contributed by atoms with van der Waals surface area (Å²) >= 11 is 1.45. The fraction of sp³-hybridized carbons (Fsp3) is 0.318. The van der Waals surface area contributed by atoms with Crippen molar-refractivity contribution in [2.24, 2.45) is 0 Å². The van der Waals surface area contributed by atoms with Crippen LogP contribution in [0.15, 0.2) is 59.8 Å². The van der Waals surface area contributed by atoms with E-state index < -0.39 is 0 Å². The SMILES string of the molecule is COc1ccc(C2Nn3c(nnc3-c3ccccc3)SC2C(=O)N2CCOCC2)cc1. The third-order valence-corrected chi connectivity index (χ3v) is 6.71. The maximum atomic E-state index is 13.5. The number of ether oxygens (including phenoxy) is 2. The molecule has 31 heavy (non-hydrogen) atoms. The number of benzene rings is 2. The topological polar surface area (TPSA) is 81.5 Å². The molecule has 2 aliphatic rings. The fourth-order valence-electron chi connectivity index (χ4n) is 3.84. The van der Waals surface area contributed by atoms with Crippen molar-refractivity contribution < 1.29 is 14.3 Å². The molecule has 2 atom stereocenters.